The van der Waals surface area contributed by atoms with Crippen LogP contribution in [-0.2, 0) is 6.54 Å². The predicted octanol–water partition coefficient (Wildman–Crippen LogP) is 2.78. The summed E-state index contributed by atoms with van der Waals surface area (Å²) >= 11 is 0. The molecule has 1 N–H and O–H groups in total. The number of rotatable bonds is 6. The number of likely N-dealkylation sites (N-methyl/N-ethyl adjacent to an activating group) is 2. The molecule has 2 rings (SSSR count). The van der Waals surface area contributed by atoms with Gasteiger partial charge in [0.05, 0.1) is 5.69 Å². The van der Waals surface area contributed by atoms with E-state index in [4.69, 9.17) is 0 Å². The lowest BCUT2D eigenvalue weighted by Crippen LogP contribution is -2.31. The second kappa shape index (κ2) is 7.17. The van der Waals surface area contributed by atoms with E-state index in [9.17, 15) is 0 Å². The Labute approximate surface area is 121 Å². The van der Waals surface area contributed by atoms with Crippen molar-refractivity contribution in [2.24, 2.45) is 0 Å². The minimum atomic E-state index is 0.337. The van der Waals surface area contributed by atoms with Gasteiger partial charge in [-0.1, -0.05) is 35.9 Å². The molecule has 0 saturated heterocycles. The van der Waals surface area contributed by atoms with E-state index in [-0.39, 0.29) is 0 Å². The molecule has 3 heteroatoms. The Morgan fingerprint density at radius 1 is 1.15 bits per heavy atom. The van der Waals surface area contributed by atoms with Gasteiger partial charge in [-0.3, -0.25) is 9.88 Å². The fourth-order valence-electron chi connectivity index (χ4n) is 2.31. The maximum atomic E-state index is 4.37. The Morgan fingerprint density at radius 2 is 1.90 bits per heavy atom. The summed E-state index contributed by atoms with van der Waals surface area (Å²) in [6.07, 6.45) is 1.85. The summed E-state index contributed by atoms with van der Waals surface area (Å²) in [5, 5.41) is 3.39. The highest BCUT2D eigenvalue weighted by atomic mass is 15.1. The Morgan fingerprint density at radius 3 is 2.50 bits per heavy atom. The number of aryl methyl sites for hydroxylation is 1. The number of hydrogen-bond donors (Lipinski definition) is 1. The van der Waals surface area contributed by atoms with Crippen LogP contribution in [0, 0.1) is 6.92 Å². The van der Waals surface area contributed by atoms with Gasteiger partial charge in [0.15, 0.2) is 0 Å². The highest BCUT2D eigenvalue weighted by molar-refractivity contribution is 5.24. The highest BCUT2D eigenvalue weighted by Crippen LogP contribution is 2.15. The van der Waals surface area contributed by atoms with Crippen molar-refractivity contribution in [2.45, 2.75) is 19.5 Å². The van der Waals surface area contributed by atoms with Gasteiger partial charge in [0, 0.05) is 25.3 Å². The van der Waals surface area contributed by atoms with Crippen LogP contribution in [0.4, 0.5) is 0 Å². The first-order chi connectivity index (χ1) is 9.69. The van der Waals surface area contributed by atoms with Crippen LogP contribution in [0.5, 0.6) is 0 Å². The summed E-state index contributed by atoms with van der Waals surface area (Å²) in [7, 11) is 4.15. The number of nitrogens with zero attached hydrogens (tertiary/aromatic N) is 2. The zero-order chi connectivity index (χ0) is 14.4. The molecule has 0 fully saturated rings. The zero-order valence-electron chi connectivity index (χ0n) is 12.5. The smallest absolute Gasteiger partial charge is 0.0543 e. The van der Waals surface area contributed by atoms with Crippen molar-refractivity contribution in [2.75, 3.05) is 20.6 Å². The Bertz CT molecular complexity index is 508. The third-order valence-electron chi connectivity index (χ3n) is 3.48. The molecule has 1 unspecified atom stereocenters. The SMILES string of the molecule is CNC(CN(C)Cc1ccccn1)c1ccc(C)cc1. The van der Waals surface area contributed by atoms with Gasteiger partial charge in [-0.2, -0.15) is 0 Å². The molecule has 0 aliphatic heterocycles. The van der Waals surface area contributed by atoms with Crippen molar-refractivity contribution in [3.8, 4) is 0 Å². The first-order valence-electron chi connectivity index (χ1n) is 7.01. The van der Waals surface area contributed by atoms with Crippen molar-refractivity contribution in [3.05, 3.63) is 65.5 Å². The molecule has 0 radical (unpaired) electrons. The van der Waals surface area contributed by atoms with Crippen LogP contribution < -0.4 is 5.32 Å². The van der Waals surface area contributed by atoms with Gasteiger partial charge < -0.3 is 5.32 Å². The van der Waals surface area contributed by atoms with Gasteiger partial charge >= 0.3 is 0 Å². The van der Waals surface area contributed by atoms with Gasteiger partial charge in [-0.05, 0) is 38.7 Å². The quantitative estimate of drug-likeness (QED) is 0.874. The van der Waals surface area contributed by atoms with Crippen molar-refractivity contribution < 1.29 is 0 Å². The minimum absolute atomic E-state index is 0.337. The molecule has 1 aromatic carbocycles. The van der Waals surface area contributed by atoms with Gasteiger partial charge in [0.1, 0.15) is 0 Å². The van der Waals surface area contributed by atoms with Crippen molar-refractivity contribution in [3.63, 3.8) is 0 Å². The van der Waals surface area contributed by atoms with Crippen LogP contribution in [0.15, 0.2) is 48.7 Å². The molecule has 0 aliphatic rings. The molecule has 0 spiro atoms. The van der Waals surface area contributed by atoms with Gasteiger partial charge in [0.25, 0.3) is 0 Å². The molecule has 0 bridgehead atoms. The fourth-order valence-corrected chi connectivity index (χ4v) is 2.31. The largest absolute Gasteiger partial charge is 0.312 e. The summed E-state index contributed by atoms with van der Waals surface area (Å²) in [5.74, 6) is 0. The van der Waals surface area contributed by atoms with E-state index >= 15 is 0 Å². The minimum Gasteiger partial charge on any atom is -0.312 e. The van der Waals surface area contributed by atoms with E-state index < -0.39 is 0 Å². The normalized spacial score (nSPS) is 12.6. The number of aromatic nitrogens is 1. The molecule has 0 saturated carbocycles. The van der Waals surface area contributed by atoms with Crippen LogP contribution >= 0.6 is 0 Å². The Hall–Kier alpha value is -1.71. The maximum Gasteiger partial charge on any atom is 0.0543 e. The van der Waals surface area contributed by atoms with Gasteiger partial charge in [0.2, 0.25) is 0 Å². The maximum absolute atomic E-state index is 4.37. The first kappa shape index (κ1) is 14.7. The monoisotopic (exact) mass is 269 g/mol. The molecule has 0 aliphatic carbocycles. The van der Waals surface area contributed by atoms with Crippen LogP contribution in [0.1, 0.15) is 22.9 Å². The standard InChI is InChI=1S/C17H23N3/c1-14-7-9-15(10-8-14)17(18-2)13-20(3)12-16-6-4-5-11-19-16/h4-11,17-18H,12-13H2,1-3H3. The lowest BCUT2D eigenvalue weighted by atomic mass is 10.0. The molecular formula is C17H23N3. The number of hydrogen-bond acceptors (Lipinski definition) is 3. The summed E-state index contributed by atoms with van der Waals surface area (Å²) in [6, 6.07) is 15.1. The molecule has 3 nitrogen and oxygen atoms in total. The first-order valence-corrected chi connectivity index (χ1v) is 7.01. The Balaban J connectivity index is 1.97. The second-order valence-electron chi connectivity index (χ2n) is 5.27. The Kier molecular flexibility index (Phi) is 5.27. The molecule has 1 atom stereocenters. The van der Waals surface area contributed by atoms with E-state index in [0.29, 0.717) is 6.04 Å². The van der Waals surface area contributed by atoms with E-state index in [2.05, 4.69) is 59.5 Å². The van der Waals surface area contributed by atoms with E-state index in [0.717, 1.165) is 18.8 Å². The van der Waals surface area contributed by atoms with Crippen molar-refractivity contribution in [1.29, 1.82) is 0 Å². The number of benzene rings is 1. The van der Waals surface area contributed by atoms with Crippen molar-refractivity contribution >= 4 is 0 Å². The van der Waals surface area contributed by atoms with E-state index in [1.54, 1.807) is 0 Å². The summed E-state index contributed by atoms with van der Waals surface area (Å²) in [5.41, 5.74) is 3.73. The van der Waals surface area contributed by atoms with Crippen LogP contribution in [-0.4, -0.2) is 30.5 Å². The third-order valence-corrected chi connectivity index (χ3v) is 3.48. The summed E-state index contributed by atoms with van der Waals surface area (Å²) in [4.78, 5) is 6.67. The molecule has 1 aromatic heterocycles. The molecular weight excluding hydrogens is 246 g/mol. The van der Waals surface area contributed by atoms with E-state index in [1.165, 1.54) is 11.1 Å². The second-order valence-corrected chi connectivity index (χ2v) is 5.27. The van der Waals surface area contributed by atoms with E-state index in [1.807, 2.05) is 25.4 Å². The average molecular weight is 269 g/mol. The van der Waals surface area contributed by atoms with Gasteiger partial charge in [-0.15, -0.1) is 0 Å². The third kappa shape index (κ3) is 4.15. The zero-order valence-corrected chi connectivity index (χ0v) is 12.5. The lowest BCUT2D eigenvalue weighted by molar-refractivity contribution is 0.286. The average Bonchev–Trinajstić information content (AvgIpc) is 2.47. The fraction of sp³-hybridized carbons (Fsp3) is 0.353. The van der Waals surface area contributed by atoms with Crippen LogP contribution in [0.2, 0.25) is 0 Å². The molecule has 2 aromatic rings. The lowest BCUT2D eigenvalue weighted by Gasteiger charge is -2.24. The van der Waals surface area contributed by atoms with Crippen molar-refractivity contribution in [1.82, 2.24) is 15.2 Å². The van der Waals surface area contributed by atoms with Crippen LogP contribution in [0.3, 0.4) is 0 Å². The summed E-state index contributed by atoms with van der Waals surface area (Å²) in [6.45, 7) is 3.94. The topological polar surface area (TPSA) is 28.2 Å². The number of nitrogens with one attached hydrogen (secondary N) is 1. The molecule has 20 heavy (non-hydrogen) atoms. The number of pyridine rings is 1. The summed E-state index contributed by atoms with van der Waals surface area (Å²) < 4.78 is 0. The predicted molar refractivity (Wildman–Crippen MR) is 83.6 cm³/mol. The molecule has 0 amide bonds. The molecule has 106 valence electrons. The van der Waals surface area contributed by atoms with Gasteiger partial charge in [-0.25, -0.2) is 0 Å². The van der Waals surface area contributed by atoms with Crippen LogP contribution in [0.25, 0.3) is 0 Å². The highest BCUT2D eigenvalue weighted by Gasteiger charge is 2.12. The molecule has 1 heterocycles.